The number of benzene rings is 2. The molecule has 3 nitrogen and oxygen atoms in total. The Morgan fingerprint density at radius 2 is 1.89 bits per heavy atom. The first-order chi connectivity index (χ1) is 12.8. The van der Waals surface area contributed by atoms with Crippen LogP contribution < -0.4 is 10.1 Å². The maximum absolute atomic E-state index is 5.43. The van der Waals surface area contributed by atoms with Gasteiger partial charge in [0.15, 0.2) is 0 Å². The van der Waals surface area contributed by atoms with E-state index in [1.165, 1.54) is 41.2 Å². The Bertz CT molecular complexity index is 831. The highest BCUT2D eigenvalue weighted by atomic mass is 16.5. The van der Waals surface area contributed by atoms with Crippen LogP contribution in [0.4, 0.5) is 0 Å². The van der Waals surface area contributed by atoms with Gasteiger partial charge in [0.1, 0.15) is 5.75 Å². The van der Waals surface area contributed by atoms with Gasteiger partial charge in [-0.05, 0) is 60.9 Å². The van der Waals surface area contributed by atoms with Gasteiger partial charge in [0.05, 0.1) is 7.11 Å². The molecule has 0 amide bonds. The maximum atomic E-state index is 5.43. The number of aromatic nitrogens is 1. The fourth-order valence-electron chi connectivity index (χ4n) is 3.31. The molecule has 0 aliphatic heterocycles. The van der Waals surface area contributed by atoms with Crippen LogP contribution in [0.3, 0.4) is 0 Å². The lowest BCUT2D eigenvalue weighted by molar-refractivity contribution is 0.408. The first kappa shape index (κ1) is 20.9. The molecular formula is C24H32N2O. The van der Waals surface area contributed by atoms with Gasteiger partial charge in [-0.2, -0.15) is 0 Å². The third kappa shape index (κ3) is 6.07. The molecule has 3 aromatic rings. The van der Waals surface area contributed by atoms with E-state index in [4.69, 9.17) is 4.74 Å². The van der Waals surface area contributed by atoms with Crippen molar-refractivity contribution in [3.8, 4) is 5.75 Å². The van der Waals surface area contributed by atoms with E-state index in [0.717, 1.165) is 18.7 Å². The molecule has 0 aliphatic rings. The first-order valence-corrected chi connectivity index (χ1v) is 9.44. The van der Waals surface area contributed by atoms with Gasteiger partial charge in [-0.25, -0.2) is 0 Å². The summed E-state index contributed by atoms with van der Waals surface area (Å²) in [5.41, 5.74) is 2.63. The van der Waals surface area contributed by atoms with E-state index < -0.39 is 0 Å². The van der Waals surface area contributed by atoms with Gasteiger partial charge in [-0.1, -0.05) is 44.2 Å². The zero-order valence-electron chi connectivity index (χ0n) is 15.7. The molecule has 0 saturated carbocycles. The van der Waals surface area contributed by atoms with Crippen LogP contribution in [0.15, 0.2) is 60.9 Å². The number of nitrogens with zero attached hydrogens (tertiary/aromatic N) is 1. The van der Waals surface area contributed by atoms with Crippen molar-refractivity contribution >= 4 is 10.8 Å². The number of unbranched alkanes of at least 4 members (excludes halogenated alkanes) is 1. The Morgan fingerprint density at radius 3 is 2.74 bits per heavy atom. The number of nitrogens with one attached hydrogen (secondary N) is 1. The Kier molecular flexibility index (Phi) is 8.28. The number of fused-ring (bicyclic) bond motifs is 1. The molecule has 27 heavy (non-hydrogen) atoms. The molecule has 1 atom stereocenters. The Morgan fingerprint density at radius 1 is 1.04 bits per heavy atom. The SMILES string of the molecule is C.COc1ccccc1CCCC[C@@H](C)NCc1ccc2cnccc2c1. The topological polar surface area (TPSA) is 34.1 Å². The van der Waals surface area contributed by atoms with Crippen LogP contribution in [0, 0.1) is 0 Å². The average molecular weight is 365 g/mol. The fourth-order valence-corrected chi connectivity index (χ4v) is 3.31. The maximum Gasteiger partial charge on any atom is 0.122 e. The monoisotopic (exact) mass is 364 g/mol. The quantitative estimate of drug-likeness (QED) is 0.489. The zero-order valence-corrected chi connectivity index (χ0v) is 15.7. The van der Waals surface area contributed by atoms with Gasteiger partial charge >= 0.3 is 0 Å². The number of pyridine rings is 1. The molecule has 0 spiro atoms. The van der Waals surface area contributed by atoms with Crippen molar-refractivity contribution in [3.05, 3.63) is 72.1 Å². The predicted octanol–water partition coefficient (Wildman–Crippen LogP) is 5.77. The van der Waals surface area contributed by atoms with E-state index in [1.54, 1.807) is 7.11 Å². The summed E-state index contributed by atoms with van der Waals surface area (Å²) in [6, 6.07) is 17.5. The van der Waals surface area contributed by atoms with E-state index >= 15 is 0 Å². The molecule has 0 aliphatic carbocycles. The molecule has 1 aromatic heterocycles. The number of ether oxygens (including phenoxy) is 1. The van der Waals surface area contributed by atoms with Gasteiger partial charge in [-0.15, -0.1) is 0 Å². The summed E-state index contributed by atoms with van der Waals surface area (Å²) >= 11 is 0. The van der Waals surface area contributed by atoms with E-state index in [2.05, 4.69) is 53.6 Å². The standard InChI is InChI=1S/C23H28N2O.CH4/c1-18(7-3-4-8-20-9-5-6-10-23(20)26-2)25-16-19-11-12-22-17-24-14-13-21(22)15-19;/h5-6,9-15,17-18,25H,3-4,7-8,16H2,1-2H3;1H4/t18-;/m1./s1. The summed E-state index contributed by atoms with van der Waals surface area (Å²) < 4.78 is 5.43. The molecular weight excluding hydrogens is 332 g/mol. The summed E-state index contributed by atoms with van der Waals surface area (Å²) in [6.45, 7) is 3.18. The van der Waals surface area contributed by atoms with Crippen LogP contribution in [0.5, 0.6) is 5.75 Å². The highest BCUT2D eigenvalue weighted by molar-refractivity contribution is 5.81. The molecule has 0 bridgehead atoms. The van der Waals surface area contributed by atoms with Crippen LogP contribution in [0.25, 0.3) is 10.8 Å². The molecule has 1 heterocycles. The van der Waals surface area contributed by atoms with Crippen molar-refractivity contribution in [1.29, 1.82) is 0 Å². The lowest BCUT2D eigenvalue weighted by Gasteiger charge is -2.14. The third-order valence-electron chi connectivity index (χ3n) is 4.89. The number of aryl methyl sites for hydroxylation is 1. The summed E-state index contributed by atoms with van der Waals surface area (Å²) in [4.78, 5) is 4.17. The fraction of sp³-hybridized carbons (Fsp3) is 0.375. The number of para-hydroxylation sites is 1. The molecule has 0 radical (unpaired) electrons. The molecule has 0 saturated heterocycles. The molecule has 0 fully saturated rings. The third-order valence-corrected chi connectivity index (χ3v) is 4.89. The minimum absolute atomic E-state index is 0. The lowest BCUT2D eigenvalue weighted by atomic mass is 10.0. The van der Waals surface area contributed by atoms with Crippen molar-refractivity contribution in [2.24, 2.45) is 0 Å². The van der Waals surface area contributed by atoms with E-state index in [0.29, 0.717) is 6.04 Å². The predicted molar refractivity (Wildman–Crippen MR) is 115 cm³/mol. The minimum atomic E-state index is 0. The van der Waals surface area contributed by atoms with Crippen molar-refractivity contribution in [2.45, 2.75) is 52.6 Å². The summed E-state index contributed by atoms with van der Waals surface area (Å²) in [6.07, 6.45) is 8.44. The van der Waals surface area contributed by atoms with Gasteiger partial charge < -0.3 is 10.1 Å². The van der Waals surface area contributed by atoms with Gasteiger partial charge in [0, 0.05) is 30.4 Å². The molecule has 3 rings (SSSR count). The average Bonchev–Trinajstić information content (AvgIpc) is 2.69. The van der Waals surface area contributed by atoms with Gasteiger partial charge in [0.2, 0.25) is 0 Å². The van der Waals surface area contributed by atoms with Gasteiger partial charge in [0.25, 0.3) is 0 Å². The second-order valence-electron chi connectivity index (χ2n) is 6.90. The van der Waals surface area contributed by atoms with Crippen molar-refractivity contribution < 1.29 is 4.74 Å². The highest BCUT2D eigenvalue weighted by Crippen LogP contribution is 2.20. The Labute approximate surface area is 163 Å². The lowest BCUT2D eigenvalue weighted by Crippen LogP contribution is -2.25. The van der Waals surface area contributed by atoms with E-state index in [9.17, 15) is 0 Å². The Balaban J connectivity index is 0.00000261. The van der Waals surface area contributed by atoms with Crippen LogP contribution in [-0.4, -0.2) is 18.1 Å². The van der Waals surface area contributed by atoms with Gasteiger partial charge in [-0.3, -0.25) is 4.98 Å². The van der Waals surface area contributed by atoms with E-state index in [1.807, 2.05) is 24.5 Å². The molecule has 2 aromatic carbocycles. The smallest absolute Gasteiger partial charge is 0.122 e. The largest absolute Gasteiger partial charge is 0.496 e. The van der Waals surface area contributed by atoms with Crippen LogP contribution >= 0.6 is 0 Å². The van der Waals surface area contributed by atoms with Crippen molar-refractivity contribution in [2.75, 3.05) is 7.11 Å². The number of hydrogen-bond acceptors (Lipinski definition) is 3. The molecule has 0 unspecified atom stereocenters. The van der Waals surface area contributed by atoms with Crippen LogP contribution in [0.2, 0.25) is 0 Å². The normalized spacial score (nSPS) is 11.8. The summed E-state index contributed by atoms with van der Waals surface area (Å²) in [7, 11) is 1.74. The highest BCUT2D eigenvalue weighted by Gasteiger charge is 2.05. The summed E-state index contributed by atoms with van der Waals surface area (Å²) in [5, 5.41) is 6.09. The summed E-state index contributed by atoms with van der Waals surface area (Å²) in [5.74, 6) is 1.00. The number of methoxy groups -OCH3 is 1. The Hall–Kier alpha value is -2.39. The van der Waals surface area contributed by atoms with Crippen molar-refractivity contribution in [1.82, 2.24) is 10.3 Å². The van der Waals surface area contributed by atoms with E-state index in [-0.39, 0.29) is 7.43 Å². The van der Waals surface area contributed by atoms with Crippen LogP contribution in [0.1, 0.15) is 44.7 Å². The molecule has 144 valence electrons. The second-order valence-corrected chi connectivity index (χ2v) is 6.90. The minimum Gasteiger partial charge on any atom is -0.496 e. The first-order valence-electron chi connectivity index (χ1n) is 9.44. The number of hydrogen-bond donors (Lipinski definition) is 1. The molecule has 3 heteroatoms. The number of rotatable bonds is 9. The van der Waals surface area contributed by atoms with Crippen molar-refractivity contribution in [3.63, 3.8) is 0 Å². The molecule has 1 N–H and O–H groups in total. The zero-order chi connectivity index (χ0) is 18.2. The van der Waals surface area contributed by atoms with Crippen LogP contribution in [-0.2, 0) is 13.0 Å². The second kappa shape index (κ2) is 10.7.